The summed E-state index contributed by atoms with van der Waals surface area (Å²) in [5, 5.41) is 2.45. The van der Waals surface area contributed by atoms with Gasteiger partial charge in [-0.15, -0.1) is 0 Å². The van der Waals surface area contributed by atoms with Crippen molar-refractivity contribution in [1.82, 2.24) is 10.4 Å². The second-order valence-corrected chi connectivity index (χ2v) is 6.79. The van der Waals surface area contributed by atoms with Crippen LogP contribution in [0.5, 0.6) is 0 Å². The molecule has 0 aromatic carbocycles. The van der Waals surface area contributed by atoms with Crippen molar-refractivity contribution in [2.45, 2.75) is 45.6 Å². The van der Waals surface area contributed by atoms with Gasteiger partial charge in [0.25, 0.3) is 0 Å². The minimum atomic E-state index is 0.524. The molecule has 0 aliphatic carbocycles. The number of hydrogen-bond acceptors (Lipinski definition) is 3. The smallest absolute Gasteiger partial charge is 0.0311 e. The number of nitrogens with one attached hydrogen (secondary N) is 1. The highest BCUT2D eigenvalue weighted by molar-refractivity contribution is 7.99. The molecule has 0 aromatic heterocycles. The van der Waals surface area contributed by atoms with Crippen molar-refractivity contribution in [1.29, 1.82) is 0 Å². The average molecular weight is 228 g/mol. The summed E-state index contributed by atoms with van der Waals surface area (Å²) in [6.07, 6.45) is 5.49. The first-order chi connectivity index (χ1) is 7.16. The van der Waals surface area contributed by atoms with E-state index in [0.29, 0.717) is 11.5 Å². The van der Waals surface area contributed by atoms with E-state index in [2.05, 4.69) is 36.0 Å². The number of hydrazine groups is 1. The zero-order valence-electron chi connectivity index (χ0n) is 10.1. The molecule has 0 bridgehead atoms. The molecule has 0 spiro atoms. The molecule has 88 valence electrons. The zero-order chi connectivity index (χ0) is 10.7. The Morgan fingerprint density at radius 3 is 2.60 bits per heavy atom. The lowest BCUT2D eigenvalue weighted by Crippen LogP contribution is -2.51. The first-order valence-corrected chi connectivity index (χ1v) is 7.40. The third kappa shape index (κ3) is 3.65. The second-order valence-electron chi connectivity index (χ2n) is 5.76. The summed E-state index contributed by atoms with van der Waals surface area (Å²) >= 11 is 2.11. The lowest BCUT2D eigenvalue weighted by molar-refractivity contribution is 0.117. The van der Waals surface area contributed by atoms with Crippen molar-refractivity contribution in [2.75, 3.05) is 24.6 Å². The van der Waals surface area contributed by atoms with Gasteiger partial charge in [-0.2, -0.15) is 11.8 Å². The van der Waals surface area contributed by atoms with Crippen molar-refractivity contribution in [3.63, 3.8) is 0 Å². The normalized spacial score (nSPS) is 32.8. The Labute approximate surface area is 98.1 Å². The molecule has 0 amide bonds. The molecule has 2 saturated heterocycles. The van der Waals surface area contributed by atoms with Gasteiger partial charge >= 0.3 is 0 Å². The van der Waals surface area contributed by atoms with E-state index >= 15 is 0 Å². The van der Waals surface area contributed by atoms with E-state index in [1.54, 1.807) is 0 Å². The minimum absolute atomic E-state index is 0.524. The molecule has 15 heavy (non-hydrogen) atoms. The van der Waals surface area contributed by atoms with Crippen LogP contribution in [0, 0.1) is 5.41 Å². The van der Waals surface area contributed by atoms with Crippen LogP contribution in [-0.4, -0.2) is 35.6 Å². The van der Waals surface area contributed by atoms with E-state index in [-0.39, 0.29) is 0 Å². The van der Waals surface area contributed by atoms with Gasteiger partial charge in [0, 0.05) is 24.9 Å². The van der Waals surface area contributed by atoms with Gasteiger partial charge in [-0.3, -0.25) is 5.43 Å². The summed E-state index contributed by atoms with van der Waals surface area (Å²) in [5.41, 5.74) is 4.25. The van der Waals surface area contributed by atoms with Gasteiger partial charge in [0.05, 0.1) is 0 Å². The summed E-state index contributed by atoms with van der Waals surface area (Å²) in [6, 6.07) is 0.705. The summed E-state index contributed by atoms with van der Waals surface area (Å²) in [5.74, 6) is 2.62. The molecule has 3 heteroatoms. The molecular formula is C12H24N2S. The van der Waals surface area contributed by atoms with Crippen molar-refractivity contribution in [3.8, 4) is 0 Å². The maximum Gasteiger partial charge on any atom is 0.0311 e. The number of nitrogens with zero attached hydrogens (tertiary/aromatic N) is 1. The number of thioether (sulfide) groups is 1. The van der Waals surface area contributed by atoms with Gasteiger partial charge in [-0.1, -0.05) is 20.3 Å². The minimum Gasteiger partial charge on any atom is -0.251 e. The van der Waals surface area contributed by atoms with E-state index in [1.807, 2.05) is 0 Å². The Hall–Kier alpha value is 0.270. The van der Waals surface area contributed by atoms with Gasteiger partial charge in [0.2, 0.25) is 0 Å². The first-order valence-electron chi connectivity index (χ1n) is 6.25. The van der Waals surface area contributed by atoms with Crippen LogP contribution in [0.3, 0.4) is 0 Å². The fourth-order valence-corrected chi connectivity index (χ4v) is 3.89. The number of piperidine rings is 1. The Balaban J connectivity index is 1.78. The van der Waals surface area contributed by atoms with Gasteiger partial charge in [-0.05, 0) is 30.4 Å². The van der Waals surface area contributed by atoms with E-state index in [1.165, 1.54) is 50.3 Å². The van der Waals surface area contributed by atoms with Gasteiger partial charge in [0.15, 0.2) is 0 Å². The SMILES string of the molecule is CC1(C)CSCC(NN2CCCCC2)C1. The topological polar surface area (TPSA) is 15.3 Å². The predicted molar refractivity (Wildman–Crippen MR) is 68.1 cm³/mol. The summed E-state index contributed by atoms with van der Waals surface area (Å²) < 4.78 is 0. The molecule has 0 saturated carbocycles. The summed E-state index contributed by atoms with van der Waals surface area (Å²) in [4.78, 5) is 0. The second kappa shape index (κ2) is 5.07. The van der Waals surface area contributed by atoms with Gasteiger partial charge < -0.3 is 0 Å². The summed E-state index contributed by atoms with van der Waals surface area (Å²) in [7, 11) is 0. The van der Waals surface area contributed by atoms with Crippen LogP contribution in [0.15, 0.2) is 0 Å². The lowest BCUT2D eigenvalue weighted by atomic mass is 9.88. The van der Waals surface area contributed by atoms with E-state index in [9.17, 15) is 0 Å². The van der Waals surface area contributed by atoms with E-state index in [0.717, 1.165) is 0 Å². The predicted octanol–water partition coefficient (Wildman–Crippen LogP) is 2.51. The summed E-state index contributed by atoms with van der Waals surface area (Å²) in [6.45, 7) is 7.29. The molecule has 1 unspecified atom stereocenters. The van der Waals surface area contributed by atoms with Gasteiger partial charge in [0.1, 0.15) is 0 Å². The highest BCUT2D eigenvalue weighted by Gasteiger charge is 2.29. The third-order valence-corrected chi connectivity index (χ3v) is 4.96. The van der Waals surface area contributed by atoms with Crippen molar-refractivity contribution in [2.24, 2.45) is 5.41 Å². The molecule has 2 aliphatic rings. The third-order valence-electron chi connectivity index (χ3n) is 3.33. The Morgan fingerprint density at radius 2 is 1.93 bits per heavy atom. The molecule has 1 atom stereocenters. The van der Waals surface area contributed by atoms with Crippen molar-refractivity contribution in [3.05, 3.63) is 0 Å². The maximum atomic E-state index is 3.73. The fourth-order valence-electron chi connectivity index (χ4n) is 2.63. The van der Waals surface area contributed by atoms with Crippen LogP contribution >= 0.6 is 11.8 Å². The Kier molecular flexibility index (Phi) is 3.97. The van der Waals surface area contributed by atoms with E-state index in [4.69, 9.17) is 0 Å². The Bertz CT molecular complexity index is 200. The largest absolute Gasteiger partial charge is 0.251 e. The maximum absolute atomic E-state index is 3.73. The fraction of sp³-hybridized carbons (Fsp3) is 1.00. The van der Waals surface area contributed by atoms with E-state index < -0.39 is 0 Å². The van der Waals surface area contributed by atoms with Crippen molar-refractivity contribution < 1.29 is 0 Å². The van der Waals surface area contributed by atoms with Crippen LogP contribution in [0.1, 0.15) is 39.5 Å². The zero-order valence-corrected chi connectivity index (χ0v) is 10.9. The monoisotopic (exact) mass is 228 g/mol. The highest BCUT2D eigenvalue weighted by Crippen LogP contribution is 2.33. The average Bonchev–Trinajstić information content (AvgIpc) is 2.17. The van der Waals surface area contributed by atoms with Crippen LogP contribution < -0.4 is 5.43 Å². The van der Waals surface area contributed by atoms with Gasteiger partial charge in [-0.25, -0.2) is 5.01 Å². The standard InChI is InChI=1S/C12H24N2S/c1-12(2)8-11(9-15-10-12)13-14-6-4-3-5-7-14/h11,13H,3-10H2,1-2H3. The van der Waals surface area contributed by atoms with Crippen LogP contribution in [0.4, 0.5) is 0 Å². The highest BCUT2D eigenvalue weighted by atomic mass is 32.2. The first kappa shape index (κ1) is 11.7. The van der Waals surface area contributed by atoms with Crippen LogP contribution in [0.2, 0.25) is 0 Å². The molecule has 2 fully saturated rings. The molecule has 2 rings (SSSR count). The lowest BCUT2D eigenvalue weighted by Gasteiger charge is -2.39. The Morgan fingerprint density at radius 1 is 1.20 bits per heavy atom. The molecule has 2 heterocycles. The quantitative estimate of drug-likeness (QED) is 0.782. The molecular weight excluding hydrogens is 204 g/mol. The number of rotatable bonds is 2. The van der Waals surface area contributed by atoms with Crippen LogP contribution in [-0.2, 0) is 0 Å². The number of hydrogen-bond donors (Lipinski definition) is 1. The molecule has 1 N–H and O–H groups in total. The molecule has 2 nitrogen and oxygen atoms in total. The molecule has 0 radical (unpaired) electrons. The van der Waals surface area contributed by atoms with Crippen molar-refractivity contribution >= 4 is 11.8 Å². The molecule has 0 aromatic rings. The molecule has 2 aliphatic heterocycles. The van der Waals surface area contributed by atoms with Crippen LogP contribution in [0.25, 0.3) is 0 Å².